The SMILES string of the molecule is CC1=C(C)[N+](C)(C2=C(C(=O)OS)N3C(=O)[C@@H]([C@@H](C)O)C3C2)C(C)S1. The molecule has 6 nitrogen and oxygen atoms in total. The fourth-order valence-electron chi connectivity index (χ4n) is 4.16. The number of rotatable bonds is 3. The molecule has 0 saturated carbocycles. The van der Waals surface area contributed by atoms with E-state index in [0.717, 1.165) is 11.4 Å². The van der Waals surface area contributed by atoms with Crippen molar-refractivity contribution in [2.75, 3.05) is 7.05 Å². The highest BCUT2D eigenvalue weighted by molar-refractivity contribution is 8.03. The van der Waals surface area contributed by atoms with Crippen molar-refractivity contribution in [1.29, 1.82) is 0 Å². The van der Waals surface area contributed by atoms with Crippen LogP contribution >= 0.6 is 24.7 Å². The lowest BCUT2D eigenvalue weighted by molar-refractivity contribution is -0.841. The van der Waals surface area contributed by atoms with Gasteiger partial charge in [-0.15, -0.1) is 0 Å². The minimum Gasteiger partial charge on any atom is -0.393 e. The zero-order valence-electron chi connectivity index (χ0n) is 14.4. The Morgan fingerprint density at radius 2 is 2.12 bits per heavy atom. The minimum atomic E-state index is -0.736. The summed E-state index contributed by atoms with van der Waals surface area (Å²) in [5, 5.41) is 10.1. The summed E-state index contributed by atoms with van der Waals surface area (Å²) in [5.74, 6) is -1.29. The van der Waals surface area contributed by atoms with Crippen LogP contribution in [0.25, 0.3) is 0 Å². The highest BCUT2D eigenvalue weighted by atomic mass is 32.2. The van der Waals surface area contributed by atoms with Crippen LogP contribution in [0.5, 0.6) is 0 Å². The van der Waals surface area contributed by atoms with E-state index < -0.39 is 18.0 Å². The van der Waals surface area contributed by atoms with Gasteiger partial charge in [-0.05, 0) is 20.8 Å². The van der Waals surface area contributed by atoms with E-state index in [2.05, 4.69) is 44.9 Å². The third-order valence-corrected chi connectivity index (χ3v) is 7.40. The van der Waals surface area contributed by atoms with Gasteiger partial charge < -0.3 is 9.29 Å². The number of aliphatic hydroxyl groups excluding tert-OH is 1. The van der Waals surface area contributed by atoms with Gasteiger partial charge in [-0.2, -0.15) is 0 Å². The smallest absolute Gasteiger partial charge is 0.372 e. The number of aliphatic hydroxyl groups is 1. The lowest BCUT2D eigenvalue weighted by atomic mass is 9.83. The van der Waals surface area contributed by atoms with Crippen LogP contribution in [0.1, 0.15) is 34.1 Å². The average Bonchev–Trinajstić information content (AvgIpc) is 2.95. The van der Waals surface area contributed by atoms with Gasteiger partial charge in [0.1, 0.15) is 16.8 Å². The molecule has 132 valence electrons. The molecule has 3 unspecified atom stereocenters. The fraction of sp³-hybridized carbons (Fsp3) is 0.625. The van der Waals surface area contributed by atoms with E-state index >= 15 is 0 Å². The minimum absolute atomic E-state index is 0.184. The van der Waals surface area contributed by atoms with Gasteiger partial charge in [0.15, 0.2) is 5.70 Å². The van der Waals surface area contributed by atoms with Crippen LogP contribution in [-0.2, 0) is 13.8 Å². The number of hydrogen-bond acceptors (Lipinski definition) is 6. The number of β-lactam (4-membered cyclic amide) rings is 1. The molecule has 0 aromatic carbocycles. The molecule has 1 fully saturated rings. The quantitative estimate of drug-likeness (QED) is 0.344. The summed E-state index contributed by atoms with van der Waals surface area (Å²) in [6, 6.07) is -0.184. The monoisotopic (exact) mass is 371 g/mol. The second-order valence-electron chi connectivity index (χ2n) is 6.85. The van der Waals surface area contributed by atoms with E-state index in [1.165, 1.54) is 9.81 Å². The second-order valence-corrected chi connectivity index (χ2v) is 8.57. The van der Waals surface area contributed by atoms with Gasteiger partial charge in [0, 0.05) is 31.2 Å². The fourth-order valence-corrected chi connectivity index (χ4v) is 5.61. The van der Waals surface area contributed by atoms with E-state index in [0.29, 0.717) is 16.6 Å². The summed E-state index contributed by atoms with van der Waals surface area (Å²) >= 11 is 5.42. The Morgan fingerprint density at radius 3 is 2.58 bits per heavy atom. The predicted octanol–water partition coefficient (Wildman–Crippen LogP) is 1.99. The zero-order chi connectivity index (χ0) is 18.0. The van der Waals surface area contributed by atoms with E-state index in [1.54, 1.807) is 18.7 Å². The summed E-state index contributed by atoms with van der Waals surface area (Å²) in [6.45, 7) is 7.87. The molecule has 1 saturated heterocycles. The number of amides is 1. The summed E-state index contributed by atoms with van der Waals surface area (Å²) in [6.07, 6.45) is -0.175. The number of carbonyl (C=O) groups excluding carboxylic acids is 2. The summed E-state index contributed by atoms with van der Waals surface area (Å²) in [7, 11) is 2.07. The topological polar surface area (TPSA) is 66.8 Å². The standard InChI is InChI=1S/C16H22N2O4S2/c1-7-9(3)24-10(4)18(7,5)12-6-11-13(8(2)19)15(20)17(11)14(12)16(21)22-23/h8,10-11,13,19H,6H2,1-5H3/p+1/t8-,10?,11?,13+,18?/m1/s1. The van der Waals surface area contributed by atoms with Crippen LogP contribution in [0.15, 0.2) is 22.0 Å². The molecule has 8 heteroatoms. The number of nitrogens with zero attached hydrogens (tertiary/aromatic N) is 2. The first-order chi connectivity index (χ1) is 11.2. The number of allylic oxidation sites excluding steroid dienone is 2. The molecular formula is C16H23N2O4S2+. The Morgan fingerprint density at radius 1 is 1.50 bits per heavy atom. The first-order valence-corrected chi connectivity index (χ1v) is 9.22. The molecule has 0 spiro atoms. The second kappa shape index (κ2) is 5.79. The van der Waals surface area contributed by atoms with Crippen molar-refractivity contribution >= 4 is 36.5 Å². The normalized spacial score (nSPS) is 36.9. The molecule has 0 radical (unpaired) electrons. The largest absolute Gasteiger partial charge is 0.393 e. The van der Waals surface area contributed by atoms with Crippen LogP contribution in [-0.4, -0.2) is 50.9 Å². The van der Waals surface area contributed by atoms with E-state index in [9.17, 15) is 14.7 Å². The van der Waals surface area contributed by atoms with E-state index in [-0.39, 0.29) is 17.3 Å². The van der Waals surface area contributed by atoms with Crippen molar-refractivity contribution in [2.24, 2.45) is 5.92 Å². The molecule has 0 bridgehead atoms. The Balaban J connectivity index is 2.11. The van der Waals surface area contributed by atoms with Gasteiger partial charge in [0.2, 0.25) is 5.91 Å². The third kappa shape index (κ3) is 2.13. The number of carbonyl (C=O) groups is 2. The van der Waals surface area contributed by atoms with Crippen LogP contribution in [0, 0.1) is 5.92 Å². The van der Waals surface area contributed by atoms with Gasteiger partial charge >= 0.3 is 5.97 Å². The average molecular weight is 372 g/mol. The van der Waals surface area contributed by atoms with Crippen LogP contribution in [0.3, 0.4) is 0 Å². The van der Waals surface area contributed by atoms with E-state index in [4.69, 9.17) is 0 Å². The molecule has 0 aromatic rings. The number of thiol groups is 1. The van der Waals surface area contributed by atoms with Crippen molar-refractivity contribution in [3.05, 3.63) is 22.0 Å². The molecular weight excluding hydrogens is 348 g/mol. The Labute approximate surface area is 151 Å². The molecule has 3 aliphatic rings. The summed E-state index contributed by atoms with van der Waals surface area (Å²) in [4.78, 5) is 27.6. The number of fused-ring (bicyclic) bond motifs is 1. The van der Waals surface area contributed by atoms with Gasteiger partial charge in [-0.25, -0.2) is 4.79 Å². The molecule has 5 atom stereocenters. The Kier molecular flexibility index (Phi) is 4.31. The maximum absolute atomic E-state index is 12.5. The van der Waals surface area contributed by atoms with Gasteiger partial charge in [-0.3, -0.25) is 14.2 Å². The summed E-state index contributed by atoms with van der Waals surface area (Å²) < 4.78 is 5.16. The number of hydrogen-bond donors (Lipinski definition) is 2. The molecule has 0 aliphatic carbocycles. The maximum atomic E-state index is 12.5. The predicted molar refractivity (Wildman–Crippen MR) is 94.1 cm³/mol. The number of thioether (sulfide) groups is 1. The number of quaternary nitrogens is 1. The van der Waals surface area contributed by atoms with Gasteiger partial charge in [0.25, 0.3) is 0 Å². The van der Waals surface area contributed by atoms with Crippen molar-refractivity contribution in [3.8, 4) is 0 Å². The molecule has 1 amide bonds. The van der Waals surface area contributed by atoms with Crippen molar-refractivity contribution < 1.29 is 23.4 Å². The highest BCUT2D eigenvalue weighted by Gasteiger charge is 2.62. The molecule has 24 heavy (non-hydrogen) atoms. The molecule has 3 aliphatic heterocycles. The lowest BCUT2D eigenvalue weighted by Crippen LogP contribution is -2.61. The van der Waals surface area contributed by atoms with Crippen molar-refractivity contribution in [1.82, 2.24) is 4.90 Å². The van der Waals surface area contributed by atoms with Crippen LogP contribution in [0.4, 0.5) is 0 Å². The Bertz CT molecular complexity index is 688. The first-order valence-electron chi connectivity index (χ1n) is 7.97. The molecule has 3 heterocycles. The van der Waals surface area contributed by atoms with Gasteiger partial charge in [-0.1, -0.05) is 11.8 Å². The van der Waals surface area contributed by atoms with E-state index in [1.807, 2.05) is 0 Å². The Hall–Kier alpha value is -0.960. The molecule has 0 aromatic heterocycles. The van der Waals surface area contributed by atoms with Crippen molar-refractivity contribution in [3.63, 3.8) is 0 Å². The van der Waals surface area contributed by atoms with Gasteiger partial charge in [0.05, 0.1) is 25.1 Å². The van der Waals surface area contributed by atoms with Crippen molar-refractivity contribution in [2.45, 2.75) is 51.6 Å². The first kappa shape index (κ1) is 17.8. The summed E-state index contributed by atoms with van der Waals surface area (Å²) in [5.41, 5.74) is 2.32. The van der Waals surface area contributed by atoms with Crippen LogP contribution in [0.2, 0.25) is 0 Å². The highest BCUT2D eigenvalue weighted by Crippen LogP contribution is 2.53. The molecule has 3 rings (SSSR count). The maximum Gasteiger partial charge on any atom is 0.372 e. The zero-order valence-corrected chi connectivity index (χ0v) is 16.1. The molecule has 1 N–H and O–H groups in total. The lowest BCUT2D eigenvalue weighted by Gasteiger charge is -2.44. The third-order valence-electron chi connectivity index (χ3n) is 5.82. The van der Waals surface area contributed by atoms with Crippen LogP contribution < -0.4 is 0 Å².